The molecule has 0 heterocycles. The molecule has 0 saturated heterocycles. The Morgan fingerprint density at radius 1 is 1.17 bits per heavy atom. The summed E-state index contributed by atoms with van der Waals surface area (Å²) >= 11 is 0. The Morgan fingerprint density at radius 3 is 1.50 bits per heavy atom. The van der Waals surface area contributed by atoms with E-state index in [-0.39, 0.29) is 5.48 Å². The van der Waals surface area contributed by atoms with Crippen LogP contribution in [0.5, 0.6) is 0 Å². The van der Waals surface area contributed by atoms with E-state index in [0.29, 0.717) is 9.52 Å². The van der Waals surface area contributed by atoms with Crippen molar-refractivity contribution in [3.05, 3.63) is 0 Å². The van der Waals surface area contributed by atoms with Crippen LogP contribution in [-0.2, 0) is 0 Å². The molecule has 2 heteroatoms. The summed E-state index contributed by atoms with van der Waals surface area (Å²) in [5, 5.41) is 0. The summed E-state index contributed by atoms with van der Waals surface area (Å²) in [5.41, 5.74) is 0. The van der Waals surface area contributed by atoms with Crippen LogP contribution < -0.4 is 0 Å². The lowest BCUT2D eigenvalue weighted by Gasteiger charge is -1.77. The van der Waals surface area contributed by atoms with Crippen LogP contribution in [0, 0.1) is 0 Å². The Morgan fingerprint density at radius 2 is 1.50 bits per heavy atom. The first kappa shape index (κ1) is 9.49. The lowest BCUT2D eigenvalue weighted by molar-refractivity contribution is 0.824. The van der Waals surface area contributed by atoms with Gasteiger partial charge in [0.25, 0.3) is 0 Å². The fourth-order valence-electron chi connectivity index (χ4n) is 0.354. The average molecular weight is 106 g/mol. The van der Waals surface area contributed by atoms with Crippen LogP contribution >= 0.6 is 0 Å². The van der Waals surface area contributed by atoms with E-state index in [0.717, 1.165) is 0 Å². The molecule has 0 radical (unpaired) electrons. The molecule has 6 heavy (non-hydrogen) atoms. The van der Waals surface area contributed by atoms with Gasteiger partial charge in [0, 0.05) is 9.52 Å². The number of hydrogen-bond donors (Lipinski definition) is 0. The highest BCUT2D eigenvalue weighted by atomic mass is 28.2. The molecule has 0 amide bonds. The summed E-state index contributed by atoms with van der Waals surface area (Å²) in [4.78, 5) is 0. The van der Waals surface area contributed by atoms with Crippen LogP contribution in [0.3, 0.4) is 0 Å². The van der Waals surface area contributed by atoms with Crippen LogP contribution in [0.4, 0.5) is 0 Å². The highest BCUT2D eigenvalue weighted by Crippen LogP contribution is 1.77. The number of rotatable bonds is 2. The topological polar surface area (TPSA) is 31.5 Å². The zero-order chi connectivity index (χ0) is 4.12. The summed E-state index contributed by atoms with van der Waals surface area (Å²) in [5.74, 6) is 0. The van der Waals surface area contributed by atoms with Gasteiger partial charge in [0.15, 0.2) is 0 Å². The summed E-state index contributed by atoms with van der Waals surface area (Å²) in [6, 6.07) is 2.97. The maximum absolute atomic E-state index is 2.27. The third kappa shape index (κ3) is 8.90. The van der Waals surface area contributed by atoms with E-state index in [4.69, 9.17) is 0 Å². The van der Waals surface area contributed by atoms with Gasteiger partial charge in [-0.25, -0.2) is 0 Å². The molecule has 0 fully saturated rings. The highest BCUT2D eigenvalue weighted by molar-refractivity contribution is 6.34. The molecule has 0 aliphatic carbocycles. The maximum atomic E-state index is 2.27. The molecule has 0 unspecified atom stereocenters. The van der Waals surface area contributed by atoms with Crippen LogP contribution in [0.1, 0.15) is 13.8 Å². The van der Waals surface area contributed by atoms with Crippen LogP contribution in [0.25, 0.3) is 0 Å². The van der Waals surface area contributed by atoms with Gasteiger partial charge in [-0.05, 0) is 0 Å². The van der Waals surface area contributed by atoms with Gasteiger partial charge in [-0.3, -0.25) is 0 Å². The zero-order valence-corrected chi connectivity index (χ0v) is 6.04. The van der Waals surface area contributed by atoms with Crippen LogP contribution in [-0.4, -0.2) is 15.0 Å². The Labute approximate surface area is 41.9 Å². The van der Waals surface area contributed by atoms with Crippen LogP contribution in [0.2, 0.25) is 12.1 Å². The number of hydrogen-bond acceptors (Lipinski definition) is 0. The lowest BCUT2D eigenvalue weighted by Crippen LogP contribution is -1.76. The Bertz CT molecular complexity index is 15.0. The largest absolute Gasteiger partial charge is 0.412 e. The molecule has 0 atom stereocenters. The SMILES string of the molecule is CC[SiH2]CC.O. The zero-order valence-electron chi connectivity index (χ0n) is 4.62. The monoisotopic (exact) mass is 106 g/mol. The molecular formula is C4H14OSi. The van der Waals surface area contributed by atoms with Crippen LogP contribution in [0.15, 0.2) is 0 Å². The Hall–Kier alpha value is 0.177. The van der Waals surface area contributed by atoms with E-state index in [9.17, 15) is 0 Å². The molecule has 0 aliphatic rings. The first-order valence-electron chi connectivity index (χ1n) is 2.41. The van der Waals surface area contributed by atoms with Crippen molar-refractivity contribution in [2.24, 2.45) is 0 Å². The van der Waals surface area contributed by atoms with Gasteiger partial charge in [0.05, 0.1) is 0 Å². The van der Waals surface area contributed by atoms with E-state index >= 15 is 0 Å². The molecule has 0 saturated carbocycles. The van der Waals surface area contributed by atoms with Gasteiger partial charge in [0.2, 0.25) is 0 Å². The van der Waals surface area contributed by atoms with Gasteiger partial charge in [-0.2, -0.15) is 0 Å². The standard InChI is InChI=1S/C4H12Si.H2O/c1-3-5-4-2;/h3-5H2,1-2H3;1H2. The van der Waals surface area contributed by atoms with Gasteiger partial charge in [0.1, 0.15) is 0 Å². The second kappa shape index (κ2) is 8.95. The molecule has 0 bridgehead atoms. The Balaban J connectivity index is 0. The third-order valence-corrected chi connectivity index (χ3v) is 2.12. The summed E-state index contributed by atoms with van der Waals surface area (Å²) in [7, 11) is 0.432. The quantitative estimate of drug-likeness (QED) is 0.451. The smallest absolute Gasteiger partial charge is 0.0192 e. The summed E-state index contributed by atoms with van der Waals surface area (Å²) in [6.45, 7) is 4.55. The lowest BCUT2D eigenvalue weighted by atomic mass is 11.0. The van der Waals surface area contributed by atoms with Gasteiger partial charge in [-0.15, -0.1) is 0 Å². The predicted octanol–water partition coefficient (Wildman–Crippen LogP) is 0.207. The van der Waals surface area contributed by atoms with Crippen molar-refractivity contribution in [2.45, 2.75) is 25.9 Å². The molecule has 40 valence electrons. The molecule has 2 N–H and O–H groups in total. The minimum Gasteiger partial charge on any atom is -0.412 e. The average Bonchev–Trinajstić information content (AvgIpc) is 1.41. The van der Waals surface area contributed by atoms with Crippen molar-refractivity contribution in [1.82, 2.24) is 0 Å². The molecule has 0 aliphatic heterocycles. The second-order valence-electron chi connectivity index (χ2n) is 1.35. The van der Waals surface area contributed by atoms with E-state index < -0.39 is 0 Å². The van der Waals surface area contributed by atoms with E-state index in [2.05, 4.69) is 13.8 Å². The van der Waals surface area contributed by atoms with E-state index in [1.807, 2.05) is 0 Å². The minimum absolute atomic E-state index is 0. The molecule has 1 nitrogen and oxygen atoms in total. The van der Waals surface area contributed by atoms with Gasteiger partial charge >= 0.3 is 0 Å². The van der Waals surface area contributed by atoms with Crippen molar-refractivity contribution < 1.29 is 5.48 Å². The van der Waals surface area contributed by atoms with E-state index in [1.165, 1.54) is 12.1 Å². The van der Waals surface area contributed by atoms with Gasteiger partial charge in [-0.1, -0.05) is 25.9 Å². The first-order valence-corrected chi connectivity index (χ1v) is 4.41. The summed E-state index contributed by atoms with van der Waals surface area (Å²) in [6.07, 6.45) is 0. The fourth-order valence-corrected chi connectivity index (χ4v) is 1.06. The summed E-state index contributed by atoms with van der Waals surface area (Å²) < 4.78 is 0. The van der Waals surface area contributed by atoms with Crippen molar-refractivity contribution in [3.8, 4) is 0 Å². The van der Waals surface area contributed by atoms with Gasteiger partial charge < -0.3 is 5.48 Å². The molecule has 0 spiro atoms. The van der Waals surface area contributed by atoms with Crippen molar-refractivity contribution >= 4 is 9.52 Å². The normalized spacial score (nSPS) is 7.00. The molecule has 0 rings (SSSR count). The minimum atomic E-state index is 0. The molecule has 0 aromatic carbocycles. The highest BCUT2D eigenvalue weighted by Gasteiger charge is 1.70. The third-order valence-electron chi connectivity index (χ3n) is 0.707. The van der Waals surface area contributed by atoms with Crippen molar-refractivity contribution in [1.29, 1.82) is 0 Å². The Kier molecular flexibility index (Phi) is 14.2. The van der Waals surface area contributed by atoms with Crippen molar-refractivity contribution in [2.75, 3.05) is 0 Å². The fraction of sp³-hybridized carbons (Fsp3) is 1.00. The molecule has 0 aromatic rings. The second-order valence-corrected chi connectivity index (χ2v) is 4.06. The predicted molar refractivity (Wildman–Crippen MR) is 33.1 cm³/mol. The molecular weight excluding hydrogens is 92.1 g/mol. The van der Waals surface area contributed by atoms with E-state index in [1.54, 1.807) is 0 Å². The van der Waals surface area contributed by atoms with Crippen molar-refractivity contribution in [3.63, 3.8) is 0 Å². The maximum Gasteiger partial charge on any atom is 0.0192 e. The first-order chi connectivity index (χ1) is 2.41. The molecule has 0 aromatic heterocycles.